The van der Waals surface area contributed by atoms with Gasteiger partial charge in [-0.2, -0.15) is 0 Å². The fourth-order valence-electron chi connectivity index (χ4n) is 2.39. The van der Waals surface area contributed by atoms with Crippen LogP contribution in [0.5, 0.6) is 0 Å². The number of hydrogen-bond acceptors (Lipinski definition) is 7. The lowest BCUT2D eigenvalue weighted by Gasteiger charge is -2.28. The van der Waals surface area contributed by atoms with Crippen molar-refractivity contribution >= 4 is 29.6 Å². The Bertz CT molecular complexity index is 611. The van der Waals surface area contributed by atoms with Crippen LogP contribution < -0.4 is 27.4 Å². The maximum Gasteiger partial charge on any atom is 0.326 e. The highest BCUT2D eigenvalue weighted by Gasteiger charge is 2.33. The van der Waals surface area contributed by atoms with E-state index in [1.165, 1.54) is 6.92 Å². The minimum absolute atomic E-state index is 0.208. The first-order chi connectivity index (χ1) is 13.4. The van der Waals surface area contributed by atoms with Crippen molar-refractivity contribution in [3.63, 3.8) is 0 Å². The van der Waals surface area contributed by atoms with Crippen LogP contribution in [0.4, 0.5) is 0 Å². The number of aliphatic hydroxyl groups excluding tert-OH is 1. The number of aliphatic hydroxyl groups is 1. The molecule has 0 heterocycles. The van der Waals surface area contributed by atoms with Gasteiger partial charge in [0, 0.05) is 6.42 Å². The second kappa shape index (κ2) is 12.7. The quantitative estimate of drug-likeness (QED) is 0.165. The molecule has 0 rings (SSSR count). The highest BCUT2D eigenvalue weighted by molar-refractivity contribution is 5.94. The van der Waals surface area contributed by atoms with Crippen LogP contribution in [0.2, 0.25) is 0 Å². The third-order valence-electron chi connectivity index (χ3n) is 4.35. The number of carbonyl (C=O) groups excluding carboxylic acids is 4. The number of hydrogen-bond donors (Lipinski definition) is 7. The van der Waals surface area contributed by atoms with Gasteiger partial charge in [0.15, 0.2) is 0 Å². The van der Waals surface area contributed by atoms with E-state index in [0.717, 1.165) is 0 Å². The number of amides is 4. The zero-order valence-corrected chi connectivity index (χ0v) is 16.8. The van der Waals surface area contributed by atoms with Crippen LogP contribution in [-0.4, -0.2) is 70.6 Å². The van der Waals surface area contributed by atoms with Gasteiger partial charge >= 0.3 is 5.97 Å². The summed E-state index contributed by atoms with van der Waals surface area (Å²) in [5, 5.41) is 26.0. The standard InChI is InChI=1S/C17H31N5O7/c1-4-8(2)13(15(26)20-10(17(28)29)5-6-11(19)24)22-16(27)14(9(3)23)21-12(25)7-18/h8-10,13-14,23H,4-7,18H2,1-3H3,(H2,19,24)(H,20,26)(H,21,25)(H,22,27)(H,28,29). The Balaban J connectivity index is 5.38. The average Bonchev–Trinajstić information content (AvgIpc) is 2.65. The molecule has 0 saturated heterocycles. The zero-order valence-electron chi connectivity index (χ0n) is 16.8. The molecule has 0 aliphatic rings. The maximum absolute atomic E-state index is 12.6. The molecule has 0 aliphatic heterocycles. The number of carboxylic acid groups (broad SMARTS) is 1. The topological polar surface area (TPSA) is 214 Å². The Morgan fingerprint density at radius 3 is 1.93 bits per heavy atom. The Morgan fingerprint density at radius 2 is 1.52 bits per heavy atom. The van der Waals surface area contributed by atoms with Crippen LogP contribution in [-0.2, 0) is 24.0 Å². The molecule has 0 aromatic carbocycles. The van der Waals surface area contributed by atoms with E-state index in [9.17, 15) is 34.2 Å². The van der Waals surface area contributed by atoms with Crippen LogP contribution in [0.25, 0.3) is 0 Å². The Labute approximate surface area is 168 Å². The number of rotatable bonds is 13. The summed E-state index contributed by atoms with van der Waals surface area (Å²) in [6.45, 7) is 4.32. The van der Waals surface area contributed by atoms with Crippen LogP contribution in [0, 0.1) is 5.92 Å². The van der Waals surface area contributed by atoms with E-state index in [4.69, 9.17) is 11.5 Å². The highest BCUT2D eigenvalue weighted by Crippen LogP contribution is 2.10. The van der Waals surface area contributed by atoms with E-state index < -0.39 is 66.3 Å². The van der Waals surface area contributed by atoms with E-state index in [0.29, 0.717) is 6.42 Å². The molecule has 29 heavy (non-hydrogen) atoms. The van der Waals surface area contributed by atoms with Crippen LogP contribution in [0.15, 0.2) is 0 Å². The minimum atomic E-state index is -1.37. The Hall–Kier alpha value is -2.73. The van der Waals surface area contributed by atoms with Gasteiger partial charge in [0.2, 0.25) is 23.6 Å². The molecule has 0 saturated carbocycles. The largest absolute Gasteiger partial charge is 0.480 e. The Kier molecular flexibility index (Phi) is 11.5. The first-order valence-electron chi connectivity index (χ1n) is 9.23. The summed E-state index contributed by atoms with van der Waals surface area (Å²) >= 11 is 0. The van der Waals surface area contributed by atoms with Gasteiger partial charge in [-0.25, -0.2) is 4.79 Å². The number of carbonyl (C=O) groups is 5. The molecule has 0 fully saturated rings. The van der Waals surface area contributed by atoms with Crippen LogP contribution in [0.3, 0.4) is 0 Å². The molecule has 0 bridgehead atoms. The number of nitrogens with two attached hydrogens (primary N) is 2. The molecule has 0 aliphatic carbocycles. The fraction of sp³-hybridized carbons (Fsp3) is 0.706. The van der Waals surface area contributed by atoms with Gasteiger partial charge in [0.1, 0.15) is 18.1 Å². The summed E-state index contributed by atoms with van der Waals surface area (Å²) in [5.41, 5.74) is 10.2. The molecule has 0 aromatic heterocycles. The molecular weight excluding hydrogens is 386 g/mol. The molecule has 12 nitrogen and oxygen atoms in total. The third kappa shape index (κ3) is 9.34. The van der Waals surface area contributed by atoms with Crippen molar-refractivity contribution in [3.8, 4) is 0 Å². The van der Waals surface area contributed by atoms with Gasteiger partial charge in [-0.05, 0) is 19.3 Å². The first kappa shape index (κ1) is 26.3. The number of carboxylic acids is 1. The van der Waals surface area contributed by atoms with Crippen molar-refractivity contribution in [2.24, 2.45) is 17.4 Å². The van der Waals surface area contributed by atoms with E-state index in [-0.39, 0.29) is 12.8 Å². The monoisotopic (exact) mass is 417 g/mol. The zero-order chi connectivity index (χ0) is 22.7. The Morgan fingerprint density at radius 1 is 0.966 bits per heavy atom. The molecule has 0 radical (unpaired) electrons. The predicted molar refractivity (Wildman–Crippen MR) is 102 cm³/mol. The molecule has 9 N–H and O–H groups in total. The summed E-state index contributed by atoms with van der Waals surface area (Å²) < 4.78 is 0. The summed E-state index contributed by atoms with van der Waals surface area (Å²) in [4.78, 5) is 58.9. The van der Waals surface area contributed by atoms with Gasteiger partial charge in [-0.1, -0.05) is 20.3 Å². The molecular formula is C17H31N5O7. The van der Waals surface area contributed by atoms with Crippen molar-refractivity contribution in [3.05, 3.63) is 0 Å². The van der Waals surface area contributed by atoms with Crippen molar-refractivity contribution in [1.82, 2.24) is 16.0 Å². The molecule has 166 valence electrons. The molecule has 5 atom stereocenters. The van der Waals surface area contributed by atoms with Crippen LogP contribution >= 0.6 is 0 Å². The summed E-state index contributed by atoms with van der Waals surface area (Å²) in [6, 6.07) is -3.86. The minimum Gasteiger partial charge on any atom is -0.480 e. The van der Waals surface area contributed by atoms with Crippen molar-refractivity contribution in [2.45, 2.75) is 64.3 Å². The van der Waals surface area contributed by atoms with Gasteiger partial charge < -0.3 is 37.6 Å². The molecule has 0 aromatic rings. The van der Waals surface area contributed by atoms with Gasteiger partial charge in [0.25, 0.3) is 0 Å². The molecule has 5 unspecified atom stereocenters. The SMILES string of the molecule is CCC(C)C(NC(=O)C(NC(=O)CN)C(C)O)C(=O)NC(CCC(N)=O)C(=O)O. The molecule has 12 heteroatoms. The van der Waals surface area contributed by atoms with Crippen molar-refractivity contribution in [1.29, 1.82) is 0 Å². The van der Waals surface area contributed by atoms with Gasteiger partial charge in [-0.3, -0.25) is 19.2 Å². The second-order valence-electron chi connectivity index (χ2n) is 6.77. The number of nitrogens with one attached hydrogen (secondary N) is 3. The average molecular weight is 417 g/mol. The van der Waals surface area contributed by atoms with E-state index in [1.54, 1.807) is 13.8 Å². The highest BCUT2D eigenvalue weighted by atomic mass is 16.4. The predicted octanol–water partition coefficient (Wildman–Crippen LogP) is -2.82. The second-order valence-corrected chi connectivity index (χ2v) is 6.77. The van der Waals surface area contributed by atoms with Crippen molar-refractivity contribution < 1.29 is 34.2 Å². The first-order valence-corrected chi connectivity index (χ1v) is 9.23. The lowest BCUT2D eigenvalue weighted by molar-refractivity contribution is -0.143. The third-order valence-corrected chi connectivity index (χ3v) is 4.35. The van der Waals surface area contributed by atoms with E-state index >= 15 is 0 Å². The van der Waals surface area contributed by atoms with E-state index in [2.05, 4.69) is 16.0 Å². The molecule has 4 amide bonds. The lowest BCUT2D eigenvalue weighted by Crippen LogP contribution is -2.60. The normalized spacial score (nSPS) is 15.9. The number of primary amides is 1. The van der Waals surface area contributed by atoms with E-state index in [1.807, 2.05) is 0 Å². The maximum atomic E-state index is 12.6. The summed E-state index contributed by atoms with van der Waals surface area (Å²) in [6.07, 6.45) is -1.26. The van der Waals surface area contributed by atoms with Crippen LogP contribution in [0.1, 0.15) is 40.0 Å². The van der Waals surface area contributed by atoms with Gasteiger partial charge in [-0.15, -0.1) is 0 Å². The fourth-order valence-corrected chi connectivity index (χ4v) is 2.39. The molecule has 0 spiro atoms. The summed E-state index contributed by atoms with van der Waals surface area (Å²) in [7, 11) is 0. The smallest absolute Gasteiger partial charge is 0.326 e. The van der Waals surface area contributed by atoms with Crippen molar-refractivity contribution in [2.75, 3.05) is 6.54 Å². The number of aliphatic carboxylic acids is 1. The summed E-state index contributed by atoms with van der Waals surface area (Å²) in [5.74, 6) is -4.75. The van der Waals surface area contributed by atoms with Gasteiger partial charge in [0.05, 0.1) is 12.6 Å². The lowest BCUT2D eigenvalue weighted by atomic mass is 9.97.